The number of halogens is 1. The van der Waals surface area contributed by atoms with Crippen molar-refractivity contribution in [3.8, 4) is 5.75 Å². The third-order valence-corrected chi connectivity index (χ3v) is 5.99. The van der Waals surface area contributed by atoms with Gasteiger partial charge in [0.25, 0.3) is 0 Å². The zero-order valence-electron chi connectivity index (χ0n) is 15.0. The summed E-state index contributed by atoms with van der Waals surface area (Å²) >= 11 is 0. The number of esters is 1. The molecular weight excluding hydrogens is 389 g/mol. The number of rotatable bonds is 7. The molecule has 0 bridgehead atoms. The van der Waals surface area contributed by atoms with Crippen molar-refractivity contribution in [3.05, 3.63) is 59.9 Å². The smallest absolute Gasteiger partial charge is 0.341 e. The van der Waals surface area contributed by atoms with Crippen molar-refractivity contribution in [2.24, 2.45) is 0 Å². The summed E-state index contributed by atoms with van der Waals surface area (Å²) in [5.74, 6) is -1.19. The number of carbonyl (C=O) groups is 1. The van der Waals surface area contributed by atoms with Crippen LogP contribution in [-0.4, -0.2) is 58.2 Å². The predicted molar refractivity (Wildman–Crippen MR) is 98.2 cm³/mol. The molecule has 0 saturated carbocycles. The van der Waals surface area contributed by atoms with Gasteiger partial charge in [0, 0.05) is 13.1 Å². The highest BCUT2D eigenvalue weighted by atomic mass is 32.2. The molecule has 0 radical (unpaired) electrons. The van der Waals surface area contributed by atoms with E-state index in [1.54, 1.807) is 24.3 Å². The van der Waals surface area contributed by atoms with E-state index < -0.39 is 27.4 Å². The number of nitrogens with zero attached hydrogens (tertiary/aromatic N) is 1. The van der Waals surface area contributed by atoms with E-state index in [4.69, 9.17) is 14.2 Å². The number of ether oxygens (including phenoxy) is 3. The molecule has 0 spiro atoms. The molecule has 28 heavy (non-hydrogen) atoms. The summed E-state index contributed by atoms with van der Waals surface area (Å²) in [5, 5.41) is 0. The second-order valence-corrected chi connectivity index (χ2v) is 7.89. The van der Waals surface area contributed by atoms with Crippen molar-refractivity contribution < 1.29 is 31.8 Å². The average molecular weight is 409 g/mol. The first-order chi connectivity index (χ1) is 13.5. The van der Waals surface area contributed by atoms with Crippen molar-refractivity contribution in [2.45, 2.75) is 4.90 Å². The number of morpholine rings is 1. The van der Waals surface area contributed by atoms with Gasteiger partial charge in [0.1, 0.15) is 24.8 Å². The Morgan fingerprint density at radius 2 is 1.79 bits per heavy atom. The van der Waals surface area contributed by atoms with Gasteiger partial charge in [-0.05, 0) is 30.3 Å². The molecule has 1 saturated heterocycles. The summed E-state index contributed by atoms with van der Waals surface area (Å²) in [6.45, 7) is 0.969. The van der Waals surface area contributed by atoms with Crippen molar-refractivity contribution in [2.75, 3.05) is 39.5 Å². The zero-order valence-corrected chi connectivity index (χ0v) is 15.9. The Hall–Kier alpha value is -2.49. The van der Waals surface area contributed by atoms with E-state index in [0.717, 1.165) is 18.2 Å². The minimum absolute atomic E-state index is 0.0864. The molecule has 0 unspecified atom stereocenters. The van der Waals surface area contributed by atoms with E-state index >= 15 is 0 Å². The zero-order chi connectivity index (χ0) is 20.0. The summed E-state index contributed by atoms with van der Waals surface area (Å²) in [4.78, 5) is 12.0. The molecular formula is C19H20FNO6S. The van der Waals surface area contributed by atoms with Crippen LogP contribution in [0.2, 0.25) is 0 Å². The first-order valence-electron chi connectivity index (χ1n) is 8.71. The molecule has 1 aliphatic heterocycles. The Morgan fingerprint density at radius 3 is 2.50 bits per heavy atom. The lowest BCUT2D eigenvalue weighted by atomic mass is 10.2. The Balaban J connectivity index is 1.64. The van der Waals surface area contributed by atoms with Gasteiger partial charge in [0.05, 0.1) is 23.7 Å². The quantitative estimate of drug-likeness (QED) is 0.514. The molecule has 2 aromatic rings. The highest BCUT2D eigenvalue weighted by Crippen LogP contribution is 2.21. The molecule has 9 heteroatoms. The fraction of sp³-hybridized carbons (Fsp3) is 0.316. The van der Waals surface area contributed by atoms with Crippen LogP contribution in [0.4, 0.5) is 4.39 Å². The van der Waals surface area contributed by atoms with Gasteiger partial charge in [-0.25, -0.2) is 17.6 Å². The Labute approximate surface area is 162 Å². The monoisotopic (exact) mass is 409 g/mol. The van der Waals surface area contributed by atoms with Crippen LogP contribution in [-0.2, 0) is 19.5 Å². The largest absolute Gasteiger partial charge is 0.490 e. The van der Waals surface area contributed by atoms with Gasteiger partial charge in [0.15, 0.2) is 0 Å². The van der Waals surface area contributed by atoms with E-state index in [-0.39, 0.29) is 44.4 Å². The highest BCUT2D eigenvalue weighted by molar-refractivity contribution is 7.89. The number of benzene rings is 2. The predicted octanol–water partition coefficient (Wildman–Crippen LogP) is 2.08. The normalized spacial score (nSPS) is 15.2. The van der Waals surface area contributed by atoms with Crippen LogP contribution in [0.5, 0.6) is 5.75 Å². The first-order valence-corrected chi connectivity index (χ1v) is 10.1. The second kappa shape index (κ2) is 9.13. The molecule has 150 valence electrons. The van der Waals surface area contributed by atoms with Crippen molar-refractivity contribution >= 4 is 16.0 Å². The second-order valence-electron chi connectivity index (χ2n) is 5.96. The highest BCUT2D eigenvalue weighted by Gasteiger charge is 2.28. The lowest BCUT2D eigenvalue weighted by Crippen LogP contribution is -2.40. The van der Waals surface area contributed by atoms with Gasteiger partial charge in [-0.15, -0.1) is 0 Å². The van der Waals surface area contributed by atoms with Crippen LogP contribution >= 0.6 is 0 Å². The van der Waals surface area contributed by atoms with Crippen LogP contribution < -0.4 is 4.74 Å². The number of hydrogen-bond donors (Lipinski definition) is 0. The molecule has 0 atom stereocenters. The molecule has 0 aromatic heterocycles. The summed E-state index contributed by atoms with van der Waals surface area (Å²) in [7, 11) is -3.84. The third kappa shape index (κ3) is 4.86. The summed E-state index contributed by atoms with van der Waals surface area (Å²) < 4.78 is 56.2. The molecule has 0 amide bonds. The van der Waals surface area contributed by atoms with Crippen LogP contribution in [0.1, 0.15) is 10.4 Å². The lowest BCUT2D eigenvalue weighted by Gasteiger charge is -2.26. The van der Waals surface area contributed by atoms with Crippen LogP contribution in [0.25, 0.3) is 0 Å². The number of sulfonamides is 1. The number of para-hydroxylation sites is 1. The lowest BCUT2D eigenvalue weighted by molar-refractivity contribution is 0.0445. The third-order valence-electron chi connectivity index (χ3n) is 4.09. The maximum atomic E-state index is 14.1. The van der Waals surface area contributed by atoms with E-state index in [0.29, 0.717) is 5.75 Å². The van der Waals surface area contributed by atoms with E-state index in [1.165, 1.54) is 4.31 Å². The maximum Gasteiger partial charge on any atom is 0.341 e. The molecule has 7 nitrogen and oxygen atoms in total. The van der Waals surface area contributed by atoms with Gasteiger partial charge in [-0.3, -0.25) is 0 Å². The molecule has 3 rings (SSSR count). The van der Waals surface area contributed by atoms with Crippen molar-refractivity contribution in [1.29, 1.82) is 0 Å². The molecule has 0 N–H and O–H groups in total. The van der Waals surface area contributed by atoms with Gasteiger partial charge >= 0.3 is 5.97 Å². The Bertz CT molecular complexity index is 913. The Morgan fingerprint density at radius 1 is 1.07 bits per heavy atom. The topological polar surface area (TPSA) is 82.1 Å². The SMILES string of the molecule is O=C(OCCOc1ccccc1)c1cc(S(=O)(=O)N2CCOCC2)ccc1F. The summed E-state index contributed by atoms with van der Waals surface area (Å²) in [6, 6.07) is 12.0. The van der Waals surface area contributed by atoms with E-state index in [1.807, 2.05) is 6.07 Å². The van der Waals surface area contributed by atoms with Crippen LogP contribution in [0.15, 0.2) is 53.4 Å². The standard InChI is InChI=1S/C19H20FNO6S/c20-18-7-6-16(28(23,24)21-8-10-25-11-9-21)14-17(18)19(22)27-13-12-26-15-4-2-1-3-5-15/h1-7,14H,8-13H2. The van der Waals surface area contributed by atoms with Gasteiger partial charge < -0.3 is 14.2 Å². The number of hydrogen-bond acceptors (Lipinski definition) is 6. The minimum Gasteiger partial charge on any atom is -0.490 e. The first kappa shape index (κ1) is 20.2. The molecule has 1 fully saturated rings. The molecule has 0 aliphatic carbocycles. The number of carbonyl (C=O) groups excluding carboxylic acids is 1. The van der Waals surface area contributed by atoms with Crippen molar-refractivity contribution in [1.82, 2.24) is 4.31 Å². The van der Waals surface area contributed by atoms with Gasteiger partial charge in [-0.2, -0.15) is 4.31 Å². The van der Waals surface area contributed by atoms with Gasteiger partial charge in [-0.1, -0.05) is 18.2 Å². The van der Waals surface area contributed by atoms with E-state index in [9.17, 15) is 17.6 Å². The Kier molecular flexibility index (Phi) is 6.61. The van der Waals surface area contributed by atoms with E-state index in [2.05, 4.69) is 0 Å². The fourth-order valence-corrected chi connectivity index (χ4v) is 4.08. The average Bonchev–Trinajstić information content (AvgIpc) is 2.72. The summed E-state index contributed by atoms with van der Waals surface area (Å²) in [5.41, 5.74) is -0.436. The molecule has 1 heterocycles. The fourth-order valence-electron chi connectivity index (χ4n) is 2.65. The minimum atomic E-state index is -3.84. The van der Waals surface area contributed by atoms with Crippen LogP contribution in [0, 0.1) is 5.82 Å². The van der Waals surface area contributed by atoms with Crippen molar-refractivity contribution in [3.63, 3.8) is 0 Å². The molecule has 2 aromatic carbocycles. The molecule has 1 aliphatic rings. The van der Waals surface area contributed by atoms with Crippen LogP contribution in [0.3, 0.4) is 0 Å². The summed E-state index contributed by atoms with van der Waals surface area (Å²) in [6.07, 6.45) is 0. The van der Waals surface area contributed by atoms with Gasteiger partial charge in [0.2, 0.25) is 10.0 Å². The maximum absolute atomic E-state index is 14.1.